The van der Waals surface area contributed by atoms with E-state index in [1.165, 1.54) is 17.7 Å². The van der Waals surface area contributed by atoms with Gasteiger partial charge in [0.05, 0.1) is 11.4 Å². The van der Waals surface area contributed by atoms with Crippen molar-refractivity contribution in [2.45, 2.75) is 19.5 Å². The summed E-state index contributed by atoms with van der Waals surface area (Å²) in [5.74, 6) is 0.735. The molecule has 8 heteroatoms. The molecule has 7 nitrogen and oxygen atoms in total. The summed E-state index contributed by atoms with van der Waals surface area (Å²) in [5.41, 5.74) is 2.22. The molecule has 0 spiro atoms. The van der Waals surface area contributed by atoms with Crippen LogP contribution in [0.2, 0.25) is 0 Å². The van der Waals surface area contributed by atoms with Crippen molar-refractivity contribution in [1.82, 2.24) is 20.3 Å². The van der Waals surface area contributed by atoms with E-state index in [0.717, 1.165) is 39.5 Å². The largest absolute Gasteiger partial charge is 0.488 e. The van der Waals surface area contributed by atoms with E-state index in [2.05, 4.69) is 25.2 Å². The number of carbonyl (C=O) groups excluding carboxylic acids is 1. The molecule has 5 heterocycles. The van der Waals surface area contributed by atoms with E-state index in [1.807, 2.05) is 20.0 Å². The van der Waals surface area contributed by atoms with Crippen LogP contribution in [0.3, 0.4) is 0 Å². The molecule has 2 N–H and O–H groups in total. The number of ether oxygens (including phenoxy) is 1. The van der Waals surface area contributed by atoms with Gasteiger partial charge in [-0.1, -0.05) is 0 Å². The number of nitrogens with one attached hydrogen (secondary N) is 2. The monoisotopic (exact) mass is 341 g/mol. The maximum atomic E-state index is 12.6. The summed E-state index contributed by atoms with van der Waals surface area (Å²) in [5, 5.41) is 4.00. The number of carbonyl (C=O) groups is 1. The van der Waals surface area contributed by atoms with Crippen LogP contribution in [0.25, 0.3) is 21.5 Å². The lowest BCUT2D eigenvalue weighted by molar-refractivity contribution is 0.0895. The third-order valence-corrected chi connectivity index (χ3v) is 5.76. The van der Waals surface area contributed by atoms with Gasteiger partial charge in [-0.25, -0.2) is 9.97 Å². The normalized spacial score (nSPS) is 18.2. The molecule has 5 rings (SSSR count). The average molecular weight is 341 g/mol. The molecule has 0 saturated carbocycles. The van der Waals surface area contributed by atoms with Crippen LogP contribution in [0.1, 0.15) is 23.5 Å². The maximum Gasteiger partial charge on any atom is 0.265 e. The summed E-state index contributed by atoms with van der Waals surface area (Å²) in [7, 11) is 0. The molecule has 0 bridgehead atoms. The molecule has 24 heavy (non-hydrogen) atoms. The minimum atomic E-state index is -0.426. The van der Waals surface area contributed by atoms with Gasteiger partial charge >= 0.3 is 0 Å². The van der Waals surface area contributed by atoms with Gasteiger partial charge in [0.25, 0.3) is 5.91 Å². The number of H-pyrrole nitrogens is 1. The molecule has 3 aromatic rings. The van der Waals surface area contributed by atoms with Gasteiger partial charge < -0.3 is 19.9 Å². The molecule has 0 radical (unpaired) electrons. The number of aromatic amines is 1. The molecule has 0 unspecified atom stereocenters. The quantitative estimate of drug-likeness (QED) is 0.710. The van der Waals surface area contributed by atoms with Crippen LogP contribution in [-0.4, -0.2) is 39.7 Å². The topological polar surface area (TPSA) is 83.1 Å². The smallest absolute Gasteiger partial charge is 0.265 e. The third-order valence-electron chi connectivity index (χ3n) is 4.57. The summed E-state index contributed by atoms with van der Waals surface area (Å²) >= 11 is 1.46. The highest BCUT2D eigenvalue weighted by Crippen LogP contribution is 2.53. The molecule has 0 saturated heterocycles. The molecule has 0 aliphatic carbocycles. The molecule has 1 amide bonds. The van der Waals surface area contributed by atoms with Crippen molar-refractivity contribution in [2.24, 2.45) is 0 Å². The number of amides is 1. The minimum Gasteiger partial charge on any atom is -0.488 e. The first-order chi connectivity index (χ1) is 11.6. The van der Waals surface area contributed by atoms with Crippen LogP contribution in [0, 0.1) is 0 Å². The van der Waals surface area contributed by atoms with E-state index >= 15 is 0 Å². The van der Waals surface area contributed by atoms with Crippen LogP contribution < -0.4 is 15.0 Å². The number of aromatic nitrogens is 3. The summed E-state index contributed by atoms with van der Waals surface area (Å²) in [6, 6.07) is 0. The zero-order valence-corrected chi connectivity index (χ0v) is 14.0. The highest BCUT2D eigenvalue weighted by Gasteiger charge is 2.43. The zero-order chi connectivity index (χ0) is 16.5. The van der Waals surface area contributed by atoms with Crippen LogP contribution in [0.15, 0.2) is 18.7 Å². The Bertz CT molecular complexity index is 990. The number of hydrogen-bond donors (Lipinski definition) is 2. The maximum absolute atomic E-state index is 12.6. The van der Waals surface area contributed by atoms with E-state index < -0.39 is 5.66 Å². The van der Waals surface area contributed by atoms with Gasteiger partial charge in [-0.15, -0.1) is 11.3 Å². The molecule has 0 fully saturated rings. The van der Waals surface area contributed by atoms with Crippen LogP contribution in [-0.2, 0) is 0 Å². The first-order valence-electron chi connectivity index (χ1n) is 7.73. The zero-order valence-electron chi connectivity index (χ0n) is 13.2. The predicted molar refractivity (Wildman–Crippen MR) is 91.6 cm³/mol. The Kier molecular flexibility index (Phi) is 2.57. The lowest BCUT2D eigenvalue weighted by atomic mass is 10.0. The summed E-state index contributed by atoms with van der Waals surface area (Å²) in [6.07, 6.45) is 5.20. The highest BCUT2D eigenvalue weighted by molar-refractivity contribution is 7.18. The fraction of sp³-hybridized carbons (Fsp3) is 0.312. The number of fused-ring (bicyclic) bond motifs is 1. The molecule has 2 aliphatic rings. The van der Waals surface area contributed by atoms with E-state index in [0.29, 0.717) is 11.5 Å². The predicted octanol–water partition coefficient (Wildman–Crippen LogP) is 2.36. The molecular formula is C16H15N5O2S. The lowest BCUT2D eigenvalue weighted by Gasteiger charge is -2.45. The number of rotatable bonds is 1. The highest BCUT2D eigenvalue weighted by atomic mass is 32.1. The molecule has 0 aromatic carbocycles. The van der Waals surface area contributed by atoms with Gasteiger partial charge in [0.2, 0.25) is 0 Å². The first-order valence-corrected chi connectivity index (χ1v) is 8.55. The summed E-state index contributed by atoms with van der Waals surface area (Å²) < 4.78 is 5.99. The van der Waals surface area contributed by atoms with Crippen molar-refractivity contribution in [3.8, 4) is 16.2 Å². The Morgan fingerprint density at radius 2 is 2.25 bits per heavy atom. The van der Waals surface area contributed by atoms with E-state index in [-0.39, 0.29) is 5.91 Å². The Labute approximate surface area is 141 Å². The molecule has 0 atom stereocenters. The van der Waals surface area contributed by atoms with Crippen LogP contribution in [0.5, 0.6) is 5.75 Å². The molecule has 122 valence electrons. The van der Waals surface area contributed by atoms with Crippen molar-refractivity contribution in [3.63, 3.8) is 0 Å². The number of thiophene rings is 1. The standard InChI is InChI=1S/C16H15N5O2S/c1-16(2)20-15(22)13-10-11(23-4-3-21(10)16)12(24-13)8-6-18-14-9(8)5-17-7-19-14/h5-7H,3-4H2,1-2H3,(H,20,22)(H,17,18,19). The Balaban J connectivity index is 1.79. The van der Waals surface area contributed by atoms with Crippen molar-refractivity contribution in [2.75, 3.05) is 18.1 Å². The second-order valence-corrected chi connectivity index (χ2v) is 7.46. The first kappa shape index (κ1) is 13.8. The van der Waals surface area contributed by atoms with Gasteiger partial charge in [-0.3, -0.25) is 4.79 Å². The lowest BCUT2D eigenvalue weighted by Crippen LogP contribution is -2.61. The fourth-order valence-electron chi connectivity index (χ4n) is 3.48. The Morgan fingerprint density at radius 3 is 3.12 bits per heavy atom. The van der Waals surface area contributed by atoms with Gasteiger partial charge in [-0.2, -0.15) is 0 Å². The SMILES string of the molecule is CC1(C)NC(=O)c2sc(-c3c[nH]c4ncncc34)c3c2N1CCO3. The third kappa shape index (κ3) is 1.68. The van der Waals surface area contributed by atoms with E-state index in [4.69, 9.17) is 4.74 Å². The number of hydrogen-bond acceptors (Lipinski definition) is 6. The summed E-state index contributed by atoms with van der Waals surface area (Å²) in [4.78, 5) is 27.9. The molecule has 2 aliphatic heterocycles. The van der Waals surface area contributed by atoms with Gasteiger partial charge in [0, 0.05) is 23.3 Å². The number of nitrogens with zero attached hydrogens (tertiary/aromatic N) is 3. The second kappa shape index (κ2) is 4.47. The van der Waals surface area contributed by atoms with E-state index in [1.54, 1.807) is 6.20 Å². The summed E-state index contributed by atoms with van der Waals surface area (Å²) in [6.45, 7) is 5.37. The van der Waals surface area contributed by atoms with Crippen LogP contribution >= 0.6 is 11.3 Å². The van der Waals surface area contributed by atoms with Crippen molar-refractivity contribution >= 4 is 34.0 Å². The fourth-order valence-corrected chi connectivity index (χ4v) is 4.65. The second-order valence-electron chi connectivity index (χ2n) is 6.44. The van der Waals surface area contributed by atoms with Crippen LogP contribution in [0.4, 0.5) is 5.69 Å². The number of anilines is 1. The van der Waals surface area contributed by atoms with Crippen molar-refractivity contribution in [3.05, 3.63) is 23.6 Å². The van der Waals surface area contributed by atoms with Gasteiger partial charge in [0.1, 0.15) is 34.8 Å². The minimum absolute atomic E-state index is 0.0506. The Morgan fingerprint density at radius 1 is 1.38 bits per heavy atom. The molecule has 3 aromatic heterocycles. The van der Waals surface area contributed by atoms with Gasteiger partial charge in [-0.05, 0) is 13.8 Å². The van der Waals surface area contributed by atoms with Gasteiger partial charge in [0.15, 0.2) is 5.75 Å². The van der Waals surface area contributed by atoms with E-state index in [9.17, 15) is 4.79 Å². The average Bonchev–Trinajstić information content (AvgIpc) is 3.14. The molecular weight excluding hydrogens is 326 g/mol. The van der Waals surface area contributed by atoms with Crippen molar-refractivity contribution in [1.29, 1.82) is 0 Å². The van der Waals surface area contributed by atoms with Crippen molar-refractivity contribution < 1.29 is 9.53 Å². The Hall–Kier alpha value is -2.61.